The summed E-state index contributed by atoms with van der Waals surface area (Å²) in [6, 6.07) is 5.49. The second-order valence-corrected chi connectivity index (χ2v) is 3.92. The second kappa shape index (κ2) is 6.59. The Hall–Kier alpha value is -2.10. The number of hydrogen-bond acceptors (Lipinski definition) is 3. The fraction of sp³-hybridized carbons (Fsp3) is 0.286. The Morgan fingerprint density at radius 1 is 1.39 bits per heavy atom. The van der Waals surface area contributed by atoms with Crippen LogP contribution in [0.5, 0.6) is 0 Å². The zero-order chi connectivity index (χ0) is 13.5. The second-order valence-electron chi connectivity index (χ2n) is 3.92. The highest BCUT2D eigenvalue weighted by molar-refractivity contribution is 5.93. The van der Waals surface area contributed by atoms with E-state index in [1.54, 1.807) is 18.2 Å². The molecule has 0 saturated carbocycles. The maximum absolute atomic E-state index is 11.6. The largest absolute Gasteiger partial charge is 0.465 e. The Bertz CT molecular complexity index is 478. The van der Waals surface area contributed by atoms with Gasteiger partial charge in [0.25, 0.3) is 0 Å². The summed E-state index contributed by atoms with van der Waals surface area (Å²) < 4.78 is 4.72. The van der Waals surface area contributed by atoms with Crippen molar-refractivity contribution in [2.45, 2.75) is 13.8 Å². The number of methoxy groups -OCH3 is 1. The van der Waals surface area contributed by atoms with Gasteiger partial charge in [0.05, 0.1) is 12.7 Å². The number of benzene rings is 1. The number of rotatable bonds is 4. The van der Waals surface area contributed by atoms with Gasteiger partial charge in [0.1, 0.15) is 0 Å². The Balaban J connectivity index is 2.88. The summed E-state index contributed by atoms with van der Waals surface area (Å²) in [4.78, 5) is 22.3. The van der Waals surface area contributed by atoms with E-state index in [1.165, 1.54) is 14.0 Å². The van der Waals surface area contributed by atoms with Crippen molar-refractivity contribution in [3.63, 3.8) is 0 Å². The maximum Gasteiger partial charge on any atom is 0.338 e. The van der Waals surface area contributed by atoms with Crippen molar-refractivity contribution in [3.8, 4) is 0 Å². The van der Waals surface area contributed by atoms with Crippen LogP contribution in [-0.2, 0) is 9.53 Å². The lowest BCUT2D eigenvalue weighted by Crippen LogP contribution is -2.19. The van der Waals surface area contributed by atoms with Gasteiger partial charge in [-0.2, -0.15) is 0 Å². The minimum atomic E-state index is -0.367. The van der Waals surface area contributed by atoms with Crippen LogP contribution in [0.3, 0.4) is 0 Å². The van der Waals surface area contributed by atoms with Gasteiger partial charge in [-0.25, -0.2) is 4.79 Å². The predicted molar refractivity (Wildman–Crippen MR) is 70.2 cm³/mol. The molecule has 1 N–H and O–H groups in total. The summed E-state index contributed by atoms with van der Waals surface area (Å²) in [5, 5.41) is 2.65. The average molecular weight is 247 g/mol. The molecule has 18 heavy (non-hydrogen) atoms. The normalized spacial score (nSPS) is 10.4. The van der Waals surface area contributed by atoms with E-state index in [0.29, 0.717) is 12.1 Å². The van der Waals surface area contributed by atoms with Gasteiger partial charge in [0.2, 0.25) is 5.91 Å². The summed E-state index contributed by atoms with van der Waals surface area (Å²) in [6.45, 7) is 3.84. The lowest BCUT2D eigenvalue weighted by atomic mass is 10.0. The number of ether oxygens (including phenoxy) is 1. The summed E-state index contributed by atoms with van der Waals surface area (Å²) in [6.07, 6.45) is 3.60. The smallest absolute Gasteiger partial charge is 0.338 e. The third-order valence-corrected chi connectivity index (χ3v) is 2.38. The van der Waals surface area contributed by atoms with E-state index in [0.717, 1.165) is 11.1 Å². The van der Waals surface area contributed by atoms with Gasteiger partial charge in [0, 0.05) is 13.5 Å². The van der Waals surface area contributed by atoms with Crippen LogP contribution in [0.4, 0.5) is 0 Å². The van der Waals surface area contributed by atoms with Gasteiger partial charge in [-0.15, -0.1) is 0 Å². The molecule has 4 nitrogen and oxygen atoms in total. The van der Waals surface area contributed by atoms with Crippen molar-refractivity contribution >= 4 is 18.0 Å². The molecular formula is C14H17NO3. The molecule has 1 amide bonds. The summed E-state index contributed by atoms with van der Waals surface area (Å²) in [5.74, 6) is -0.453. The Kier molecular flexibility index (Phi) is 5.11. The minimum absolute atomic E-state index is 0.0860. The fourth-order valence-electron chi connectivity index (χ4n) is 1.50. The summed E-state index contributed by atoms with van der Waals surface area (Å²) in [7, 11) is 1.35. The Labute approximate surface area is 107 Å². The number of carbonyl (C=O) groups excluding carboxylic acids is 2. The van der Waals surface area contributed by atoms with Gasteiger partial charge in [-0.1, -0.05) is 29.8 Å². The number of amides is 1. The molecule has 0 radical (unpaired) electrons. The summed E-state index contributed by atoms with van der Waals surface area (Å²) >= 11 is 0. The standard InChI is InChI=1S/C14H17NO3/c1-10-6-7-13(14(17)18-3)12(9-10)5-4-8-15-11(2)16/h4-7,9H,8H2,1-3H3,(H,15,16). The molecule has 1 aromatic carbocycles. The first-order valence-electron chi connectivity index (χ1n) is 5.64. The molecule has 0 atom stereocenters. The molecule has 1 rings (SSSR count). The SMILES string of the molecule is COC(=O)c1ccc(C)cc1C=CCNC(C)=O. The number of nitrogens with one attached hydrogen (secondary N) is 1. The van der Waals surface area contributed by atoms with E-state index in [4.69, 9.17) is 4.74 Å². The molecule has 0 heterocycles. The zero-order valence-corrected chi connectivity index (χ0v) is 10.8. The lowest BCUT2D eigenvalue weighted by molar-refractivity contribution is -0.118. The number of aryl methyl sites for hydroxylation is 1. The third kappa shape index (κ3) is 4.05. The van der Waals surface area contributed by atoms with Crippen LogP contribution in [-0.4, -0.2) is 25.5 Å². The average Bonchev–Trinajstić information content (AvgIpc) is 2.33. The van der Waals surface area contributed by atoms with Gasteiger partial charge in [-0.05, 0) is 18.6 Å². The van der Waals surface area contributed by atoms with Crippen molar-refractivity contribution in [2.75, 3.05) is 13.7 Å². The minimum Gasteiger partial charge on any atom is -0.465 e. The van der Waals surface area contributed by atoms with E-state index in [2.05, 4.69) is 5.32 Å². The fourth-order valence-corrected chi connectivity index (χ4v) is 1.50. The lowest BCUT2D eigenvalue weighted by Gasteiger charge is -2.05. The van der Waals surface area contributed by atoms with Gasteiger partial charge in [-0.3, -0.25) is 4.79 Å². The summed E-state index contributed by atoms with van der Waals surface area (Å²) in [5.41, 5.74) is 2.36. The van der Waals surface area contributed by atoms with Crippen LogP contribution < -0.4 is 5.32 Å². The molecule has 0 fully saturated rings. The molecule has 1 aromatic rings. The van der Waals surface area contributed by atoms with Crippen LogP contribution in [0.15, 0.2) is 24.3 Å². The first-order valence-corrected chi connectivity index (χ1v) is 5.64. The monoisotopic (exact) mass is 247 g/mol. The van der Waals surface area contributed by atoms with Crippen molar-refractivity contribution < 1.29 is 14.3 Å². The predicted octanol–water partition coefficient (Wildman–Crippen LogP) is 1.93. The van der Waals surface area contributed by atoms with E-state index in [9.17, 15) is 9.59 Å². The van der Waals surface area contributed by atoms with Crippen molar-refractivity contribution in [3.05, 3.63) is 41.0 Å². The quantitative estimate of drug-likeness (QED) is 0.827. The highest BCUT2D eigenvalue weighted by atomic mass is 16.5. The third-order valence-electron chi connectivity index (χ3n) is 2.38. The topological polar surface area (TPSA) is 55.4 Å². The van der Waals surface area contributed by atoms with Crippen molar-refractivity contribution in [2.24, 2.45) is 0 Å². The van der Waals surface area contributed by atoms with Crippen LogP contribution in [0.1, 0.15) is 28.4 Å². The van der Waals surface area contributed by atoms with Crippen LogP contribution in [0.2, 0.25) is 0 Å². The van der Waals surface area contributed by atoms with Crippen LogP contribution >= 0.6 is 0 Å². The van der Waals surface area contributed by atoms with E-state index >= 15 is 0 Å². The number of esters is 1. The first kappa shape index (κ1) is 14.0. The first-order chi connectivity index (χ1) is 8.54. The molecule has 96 valence electrons. The molecule has 0 aliphatic rings. The maximum atomic E-state index is 11.6. The molecule has 4 heteroatoms. The van der Waals surface area contributed by atoms with E-state index < -0.39 is 0 Å². The molecule has 0 aromatic heterocycles. The molecule has 0 aliphatic carbocycles. The van der Waals surface area contributed by atoms with Crippen molar-refractivity contribution in [1.29, 1.82) is 0 Å². The molecule has 0 aliphatic heterocycles. The highest BCUT2D eigenvalue weighted by Crippen LogP contribution is 2.14. The van der Waals surface area contributed by atoms with Crippen LogP contribution in [0, 0.1) is 6.92 Å². The zero-order valence-electron chi connectivity index (χ0n) is 10.8. The molecular weight excluding hydrogens is 230 g/mol. The molecule has 0 unspecified atom stereocenters. The Morgan fingerprint density at radius 2 is 2.11 bits per heavy atom. The van der Waals surface area contributed by atoms with E-state index in [-0.39, 0.29) is 11.9 Å². The molecule has 0 saturated heterocycles. The Morgan fingerprint density at radius 3 is 2.72 bits per heavy atom. The van der Waals surface area contributed by atoms with Gasteiger partial charge < -0.3 is 10.1 Å². The van der Waals surface area contributed by atoms with Gasteiger partial charge in [0.15, 0.2) is 0 Å². The number of hydrogen-bond donors (Lipinski definition) is 1. The van der Waals surface area contributed by atoms with Gasteiger partial charge >= 0.3 is 5.97 Å². The van der Waals surface area contributed by atoms with Crippen LogP contribution in [0.25, 0.3) is 6.08 Å². The van der Waals surface area contributed by atoms with E-state index in [1.807, 2.05) is 19.1 Å². The highest BCUT2D eigenvalue weighted by Gasteiger charge is 2.09. The molecule has 0 spiro atoms. The number of carbonyl (C=O) groups is 2. The van der Waals surface area contributed by atoms with Crippen molar-refractivity contribution in [1.82, 2.24) is 5.32 Å². The molecule has 0 bridgehead atoms.